The first-order valence-electron chi connectivity index (χ1n) is 14.3. The van der Waals surface area contributed by atoms with E-state index in [4.69, 9.17) is 18.9 Å². The molecule has 0 spiro atoms. The maximum absolute atomic E-state index is 12.4. The molecule has 2 saturated heterocycles. The molecule has 2 N–H and O–H groups in total. The fraction of sp³-hybridized carbons (Fsp3) is 0.750. The summed E-state index contributed by atoms with van der Waals surface area (Å²) in [5.74, 6) is 0.147. The molecule has 3 fully saturated rings. The topological polar surface area (TPSA) is 115 Å². The lowest BCUT2D eigenvalue weighted by atomic mass is 9.82. The lowest BCUT2D eigenvalue weighted by Crippen LogP contribution is -2.42. The Morgan fingerprint density at radius 1 is 1.03 bits per heavy atom. The molecule has 4 rings (SSSR count). The monoisotopic (exact) mass is 533 g/mol. The third-order valence-corrected chi connectivity index (χ3v) is 7.74. The number of fused-ring (bicyclic) bond motifs is 1. The second-order valence-electron chi connectivity index (χ2n) is 10.8. The maximum atomic E-state index is 12.4. The summed E-state index contributed by atoms with van der Waals surface area (Å²) in [6, 6.07) is 0. The van der Waals surface area contributed by atoms with Crippen LogP contribution in [0.4, 0.5) is 4.79 Å². The van der Waals surface area contributed by atoms with Crippen molar-refractivity contribution >= 4 is 18.0 Å². The van der Waals surface area contributed by atoms with Gasteiger partial charge < -0.3 is 34.5 Å². The van der Waals surface area contributed by atoms with Crippen LogP contribution in [-0.4, -0.2) is 80.8 Å². The average molecular weight is 534 g/mol. The van der Waals surface area contributed by atoms with Crippen molar-refractivity contribution < 1.29 is 33.3 Å². The molecule has 10 heteroatoms. The Bertz CT molecular complexity index is 865. The number of hydrogen-bond acceptors (Lipinski definition) is 9. The molecular formula is C28H43N3O7. The Morgan fingerprint density at radius 3 is 2.61 bits per heavy atom. The van der Waals surface area contributed by atoms with Crippen molar-refractivity contribution in [3.63, 3.8) is 0 Å². The van der Waals surface area contributed by atoms with Crippen molar-refractivity contribution in [2.75, 3.05) is 39.3 Å². The van der Waals surface area contributed by atoms with Gasteiger partial charge in [-0.05, 0) is 82.5 Å². The zero-order chi connectivity index (χ0) is 26.7. The van der Waals surface area contributed by atoms with Crippen LogP contribution < -0.4 is 10.6 Å². The molecule has 1 amide bonds. The fourth-order valence-corrected chi connectivity index (χ4v) is 5.64. The van der Waals surface area contributed by atoms with E-state index in [0.29, 0.717) is 12.5 Å². The minimum absolute atomic E-state index is 0.0681. The molecule has 2 aliphatic carbocycles. The first-order chi connectivity index (χ1) is 18.4. The van der Waals surface area contributed by atoms with Crippen LogP contribution in [0.1, 0.15) is 64.7 Å². The molecule has 10 nitrogen and oxygen atoms in total. The summed E-state index contributed by atoms with van der Waals surface area (Å²) in [7, 11) is 0. The number of carbonyl (C=O) groups excluding carboxylic acids is 3. The third-order valence-electron chi connectivity index (χ3n) is 7.74. The second kappa shape index (κ2) is 14.6. The number of allylic oxidation sites excluding steroid dienone is 2. The summed E-state index contributed by atoms with van der Waals surface area (Å²) >= 11 is 0. The van der Waals surface area contributed by atoms with Gasteiger partial charge in [0.15, 0.2) is 0 Å². The summed E-state index contributed by atoms with van der Waals surface area (Å²) in [6.45, 7) is 5.70. The van der Waals surface area contributed by atoms with Crippen molar-refractivity contribution in [3.05, 3.63) is 23.9 Å². The highest BCUT2D eigenvalue weighted by Gasteiger charge is 2.29. The smallest absolute Gasteiger partial charge is 0.431 e. The summed E-state index contributed by atoms with van der Waals surface area (Å²) in [5, 5.41) is 6.26. The van der Waals surface area contributed by atoms with Crippen LogP contribution in [0.3, 0.4) is 0 Å². The quantitative estimate of drug-likeness (QED) is 0.323. The van der Waals surface area contributed by atoms with Gasteiger partial charge in [-0.2, -0.15) is 0 Å². The number of rotatable bonds is 10. The van der Waals surface area contributed by atoms with Crippen LogP contribution in [0.25, 0.3) is 0 Å². The zero-order valence-corrected chi connectivity index (χ0v) is 22.5. The number of amides is 1. The van der Waals surface area contributed by atoms with Gasteiger partial charge in [0.1, 0.15) is 12.7 Å². The molecule has 1 saturated carbocycles. The van der Waals surface area contributed by atoms with E-state index in [1.54, 1.807) is 0 Å². The first-order valence-corrected chi connectivity index (χ1v) is 14.3. The summed E-state index contributed by atoms with van der Waals surface area (Å²) in [6.07, 6.45) is 12.6. The Hall–Kier alpha value is -2.43. The van der Waals surface area contributed by atoms with Crippen molar-refractivity contribution in [1.82, 2.24) is 15.5 Å². The van der Waals surface area contributed by atoms with Gasteiger partial charge in [0.2, 0.25) is 12.2 Å². The molecule has 2 heterocycles. The molecule has 2 aliphatic heterocycles. The third kappa shape index (κ3) is 9.39. The minimum atomic E-state index is -0.985. The summed E-state index contributed by atoms with van der Waals surface area (Å²) in [4.78, 5) is 38.9. The van der Waals surface area contributed by atoms with Gasteiger partial charge in [0.05, 0.1) is 12.5 Å². The van der Waals surface area contributed by atoms with Crippen LogP contribution in [-0.2, 0) is 28.5 Å². The van der Waals surface area contributed by atoms with Crippen LogP contribution in [0, 0.1) is 11.8 Å². The molecule has 0 aromatic carbocycles. The normalized spacial score (nSPS) is 25.6. The van der Waals surface area contributed by atoms with Crippen molar-refractivity contribution in [1.29, 1.82) is 0 Å². The van der Waals surface area contributed by atoms with E-state index in [0.717, 1.165) is 76.8 Å². The molecule has 38 heavy (non-hydrogen) atoms. The fourth-order valence-electron chi connectivity index (χ4n) is 5.64. The molecular weight excluding hydrogens is 490 g/mol. The SMILES string of the molecule is CC(OC(=O)CCN1CCC2C=CC(NC(=O)COC3CCNCC3)=CC2C1)OC(=O)OC1CCCCC1. The lowest BCUT2D eigenvalue weighted by molar-refractivity contribution is -0.169. The van der Waals surface area contributed by atoms with E-state index in [1.165, 1.54) is 13.3 Å². The minimum Gasteiger partial charge on any atom is -0.431 e. The van der Waals surface area contributed by atoms with Crippen LogP contribution in [0.2, 0.25) is 0 Å². The molecule has 212 valence electrons. The first kappa shape index (κ1) is 28.6. The van der Waals surface area contributed by atoms with Gasteiger partial charge in [0, 0.05) is 25.7 Å². The molecule has 0 aromatic rings. The number of carbonyl (C=O) groups is 3. The average Bonchev–Trinajstić information content (AvgIpc) is 2.91. The lowest BCUT2D eigenvalue weighted by Gasteiger charge is -2.37. The molecule has 3 unspecified atom stereocenters. The molecule has 0 bridgehead atoms. The van der Waals surface area contributed by atoms with Crippen molar-refractivity contribution in [3.8, 4) is 0 Å². The molecule has 4 aliphatic rings. The van der Waals surface area contributed by atoms with Crippen molar-refractivity contribution in [2.24, 2.45) is 11.8 Å². The summed E-state index contributed by atoms with van der Waals surface area (Å²) in [5.41, 5.74) is 0.803. The Labute approximate surface area is 225 Å². The van der Waals surface area contributed by atoms with Crippen LogP contribution >= 0.6 is 0 Å². The molecule has 0 aromatic heterocycles. The Morgan fingerprint density at radius 2 is 1.82 bits per heavy atom. The van der Waals surface area contributed by atoms with E-state index in [9.17, 15) is 14.4 Å². The second-order valence-corrected chi connectivity index (χ2v) is 10.8. The maximum Gasteiger partial charge on any atom is 0.511 e. The highest BCUT2D eigenvalue weighted by Crippen LogP contribution is 2.30. The highest BCUT2D eigenvalue weighted by atomic mass is 16.8. The van der Waals surface area contributed by atoms with Crippen LogP contribution in [0.15, 0.2) is 23.9 Å². The zero-order valence-electron chi connectivity index (χ0n) is 22.5. The highest BCUT2D eigenvalue weighted by molar-refractivity contribution is 5.79. The van der Waals surface area contributed by atoms with Crippen molar-refractivity contribution in [2.45, 2.75) is 83.2 Å². The van der Waals surface area contributed by atoms with Gasteiger partial charge >= 0.3 is 12.1 Å². The van der Waals surface area contributed by atoms with E-state index in [1.807, 2.05) is 6.08 Å². The number of nitrogens with zero attached hydrogens (tertiary/aromatic N) is 1. The van der Waals surface area contributed by atoms with Crippen LogP contribution in [0.5, 0.6) is 0 Å². The predicted octanol–water partition coefficient (Wildman–Crippen LogP) is 3.03. The Kier molecular flexibility index (Phi) is 11.0. The molecule has 3 atom stereocenters. The van der Waals surface area contributed by atoms with Gasteiger partial charge in [-0.15, -0.1) is 0 Å². The number of ether oxygens (including phenoxy) is 4. The van der Waals surface area contributed by atoms with Gasteiger partial charge in [-0.1, -0.05) is 18.6 Å². The largest absolute Gasteiger partial charge is 0.511 e. The number of piperidine rings is 2. The number of likely N-dealkylation sites (tertiary alicyclic amines) is 1. The van der Waals surface area contributed by atoms with E-state index in [-0.39, 0.29) is 37.1 Å². The van der Waals surface area contributed by atoms with E-state index in [2.05, 4.69) is 27.7 Å². The number of nitrogens with one attached hydrogen (secondary N) is 2. The standard InChI is InChI=1S/C28H43N3O7/c1-20(37-28(34)38-25-5-3-2-4-6-25)36-27(33)12-16-31-15-11-21-7-8-23(17-22(21)18-31)30-26(32)19-35-24-9-13-29-14-10-24/h7-8,17,20-22,24-25,29H,2-6,9-16,18-19H2,1H3,(H,30,32). The van der Waals surface area contributed by atoms with Gasteiger partial charge in [-0.3, -0.25) is 9.59 Å². The number of esters is 1. The molecule has 0 radical (unpaired) electrons. The van der Waals surface area contributed by atoms with E-state index < -0.39 is 18.4 Å². The summed E-state index contributed by atoms with van der Waals surface area (Å²) < 4.78 is 21.4. The Balaban J connectivity index is 1.13. The predicted molar refractivity (Wildman–Crippen MR) is 140 cm³/mol. The van der Waals surface area contributed by atoms with E-state index >= 15 is 0 Å². The van der Waals surface area contributed by atoms with Gasteiger partial charge in [0.25, 0.3) is 0 Å². The van der Waals surface area contributed by atoms with Gasteiger partial charge in [-0.25, -0.2) is 4.79 Å². The number of hydrogen-bond donors (Lipinski definition) is 2.